The Labute approximate surface area is 118 Å². The Morgan fingerprint density at radius 3 is 2.29 bits per heavy atom. The summed E-state index contributed by atoms with van der Waals surface area (Å²) in [6.07, 6.45) is -5.09. The number of rotatable bonds is 1. The number of hydrogen-bond donors (Lipinski definition) is 2. The van der Waals surface area contributed by atoms with Crippen molar-refractivity contribution in [3.63, 3.8) is 0 Å². The molecule has 2 N–H and O–H groups in total. The van der Waals surface area contributed by atoms with E-state index in [-0.39, 0.29) is 5.69 Å². The highest BCUT2D eigenvalue weighted by atomic mass is 19.4. The quantitative estimate of drug-likeness (QED) is 0.849. The van der Waals surface area contributed by atoms with Crippen molar-refractivity contribution in [3.8, 4) is 11.1 Å². The molecule has 6 heteroatoms. The SMILES string of the molecule is O=C1Nc2ccc(-c3ccccc3)cc2[C@]1(O)C(F)(F)F. The van der Waals surface area contributed by atoms with Crippen LogP contribution in [0, 0.1) is 0 Å². The van der Waals surface area contributed by atoms with Crippen LogP contribution in [0.3, 0.4) is 0 Å². The maximum absolute atomic E-state index is 13.1. The molecule has 3 rings (SSSR count). The maximum Gasteiger partial charge on any atom is 0.430 e. The lowest BCUT2D eigenvalue weighted by Crippen LogP contribution is -2.47. The summed E-state index contributed by atoms with van der Waals surface area (Å²) in [4.78, 5) is 11.6. The first kappa shape index (κ1) is 13.6. The zero-order valence-electron chi connectivity index (χ0n) is 10.6. The van der Waals surface area contributed by atoms with Gasteiger partial charge in [-0.2, -0.15) is 13.2 Å². The Hall–Kier alpha value is -2.34. The fourth-order valence-corrected chi connectivity index (χ4v) is 2.38. The van der Waals surface area contributed by atoms with Crippen LogP contribution in [-0.2, 0) is 10.4 Å². The van der Waals surface area contributed by atoms with Crippen LogP contribution < -0.4 is 5.32 Å². The highest BCUT2D eigenvalue weighted by Crippen LogP contribution is 2.47. The second-order valence-corrected chi connectivity index (χ2v) is 4.79. The summed E-state index contributed by atoms with van der Waals surface area (Å²) in [5.41, 5.74) is -2.81. The van der Waals surface area contributed by atoms with E-state index in [1.807, 2.05) is 0 Å². The normalized spacial score (nSPS) is 21.0. The van der Waals surface area contributed by atoms with Gasteiger partial charge in [0.05, 0.1) is 0 Å². The van der Waals surface area contributed by atoms with E-state index in [4.69, 9.17) is 0 Å². The smallest absolute Gasteiger partial charge is 0.368 e. The molecule has 2 aromatic rings. The third-order valence-corrected chi connectivity index (χ3v) is 3.50. The number of benzene rings is 2. The molecular weight excluding hydrogens is 283 g/mol. The van der Waals surface area contributed by atoms with Crippen LogP contribution in [0.1, 0.15) is 5.56 Å². The van der Waals surface area contributed by atoms with E-state index in [0.29, 0.717) is 11.1 Å². The minimum absolute atomic E-state index is 0.0282. The number of aliphatic hydroxyl groups is 1. The first-order chi connectivity index (χ1) is 9.84. The molecule has 1 aliphatic heterocycles. The molecule has 0 spiro atoms. The molecule has 108 valence electrons. The van der Waals surface area contributed by atoms with Crippen molar-refractivity contribution in [1.29, 1.82) is 0 Å². The predicted octanol–water partition coefficient (Wildman–Crippen LogP) is 3.06. The van der Waals surface area contributed by atoms with Crippen LogP contribution >= 0.6 is 0 Å². The first-order valence-corrected chi connectivity index (χ1v) is 6.14. The Kier molecular flexibility index (Phi) is 2.81. The fourth-order valence-electron chi connectivity index (χ4n) is 2.38. The highest BCUT2D eigenvalue weighted by molar-refractivity contribution is 6.06. The molecule has 0 unspecified atom stereocenters. The summed E-state index contributed by atoms with van der Waals surface area (Å²) in [6, 6.07) is 12.9. The number of carbonyl (C=O) groups excluding carboxylic acids is 1. The minimum Gasteiger partial charge on any atom is -0.368 e. The molecule has 0 bridgehead atoms. The van der Waals surface area contributed by atoms with Gasteiger partial charge in [-0.25, -0.2) is 0 Å². The molecule has 1 aliphatic rings. The summed E-state index contributed by atoms with van der Waals surface area (Å²) < 4.78 is 39.3. The molecule has 1 atom stereocenters. The minimum atomic E-state index is -5.09. The van der Waals surface area contributed by atoms with E-state index >= 15 is 0 Å². The van der Waals surface area contributed by atoms with E-state index in [1.165, 1.54) is 12.1 Å². The maximum atomic E-state index is 13.1. The van der Waals surface area contributed by atoms with Gasteiger partial charge in [0, 0.05) is 11.3 Å². The van der Waals surface area contributed by atoms with Crippen molar-refractivity contribution in [2.75, 3.05) is 5.32 Å². The third kappa shape index (κ3) is 1.91. The number of anilines is 1. The summed E-state index contributed by atoms with van der Waals surface area (Å²) in [5.74, 6) is -1.48. The Morgan fingerprint density at radius 1 is 1.00 bits per heavy atom. The number of alkyl halides is 3. The Morgan fingerprint density at radius 2 is 1.67 bits per heavy atom. The number of fused-ring (bicyclic) bond motifs is 1. The molecule has 1 heterocycles. The molecule has 0 saturated carbocycles. The molecule has 0 fully saturated rings. The Balaban J connectivity index is 2.18. The molecular formula is C15H10F3NO2. The van der Waals surface area contributed by atoms with E-state index in [9.17, 15) is 23.1 Å². The third-order valence-electron chi connectivity index (χ3n) is 3.50. The fraction of sp³-hybridized carbons (Fsp3) is 0.133. The molecule has 0 saturated heterocycles. The lowest BCUT2D eigenvalue weighted by molar-refractivity contribution is -0.252. The number of hydrogen-bond acceptors (Lipinski definition) is 2. The number of carbonyl (C=O) groups is 1. The summed E-state index contributed by atoms with van der Waals surface area (Å²) in [5, 5.41) is 11.9. The van der Waals surface area contributed by atoms with Crippen molar-refractivity contribution in [1.82, 2.24) is 0 Å². The molecule has 1 amide bonds. The topological polar surface area (TPSA) is 49.3 Å². The van der Waals surface area contributed by atoms with Crippen molar-refractivity contribution in [2.24, 2.45) is 0 Å². The van der Waals surface area contributed by atoms with Gasteiger partial charge in [-0.3, -0.25) is 4.79 Å². The number of amides is 1. The highest BCUT2D eigenvalue weighted by Gasteiger charge is 2.64. The van der Waals surface area contributed by atoms with Gasteiger partial charge in [-0.1, -0.05) is 36.4 Å². The Bertz CT molecular complexity index is 713. The molecule has 0 radical (unpaired) electrons. The van der Waals surface area contributed by atoms with Gasteiger partial charge in [0.25, 0.3) is 11.5 Å². The largest absolute Gasteiger partial charge is 0.430 e. The van der Waals surface area contributed by atoms with Gasteiger partial charge in [0.1, 0.15) is 0 Å². The van der Waals surface area contributed by atoms with Gasteiger partial charge in [0.15, 0.2) is 0 Å². The first-order valence-electron chi connectivity index (χ1n) is 6.14. The van der Waals surface area contributed by atoms with Crippen LogP contribution in [0.5, 0.6) is 0 Å². The van der Waals surface area contributed by atoms with Crippen LogP contribution in [0.25, 0.3) is 11.1 Å². The summed E-state index contributed by atoms with van der Waals surface area (Å²) in [7, 11) is 0. The zero-order chi connectivity index (χ0) is 15.3. The van der Waals surface area contributed by atoms with E-state index in [1.54, 1.807) is 36.4 Å². The summed E-state index contributed by atoms with van der Waals surface area (Å²) in [6.45, 7) is 0. The zero-order valence-corrected chi connectivity index (χ0v) is 10.6. The van der Waals surface area contributed by atoms with Gasteiger partial charge in [0.2, 0.25) is 0 Å². The molecule has 2 aromatic carbocycles. The molecule has 0 aromatic heterocycles. The molecule has 21 heavy (non-hydrogen) atoms. The van der Waals surface area contributed by atoms with Gasteiger partial charge in [-0.15, -0.1) is 0 Å². The monoisotopic (exact) mass is 293 g/mol. The molecule has 0 aliphatic carbocycles. The van der Waals surface area contributed by atoms with Crippen molar-refractivity contribution >= 4 is 11.6 Å². The second kappa shape index (κ2) is 4.33. The van der Waals surface area contributed by atoms with Crippen LogP contribution in [0.4, 0.5) is 18.9 Å². The van der Waals surface area contributed by atoms with Gasteiger partial charge >= 0.3 is 6.18 Å². The standard InChI is InChI=1S/C15H10F3NO2/c16-15(17,18)14(21)11-8-10(9-4-2-1-3-5-9)6-7-12(11)19-13(14)20/h1-8,21H,(H,19,20)/t14-/m1/s1. The average Bonchev–Trinajstić information content (AvgIpc) is 2.72. The van der Waals surface area contributed by atoms with Crippen LogP contribution in [-0.4, -0.2) is 17.2 Å². The lowest BCUT2D eigenvalue weighted by atomic mass is 9.91. The van der Waals surface area contributed by atoms with Crippen molar-refractivity contribution in [3.05, 3.63) is 54.1 Å². The van der Waals surface area contributed by atoms with Crippen molar-refractivity contribution < 1.29 is 23.1 Å². The van der Waals surface area contributed by atoms with E-state index < -0.39 is 23.2 Å². The van der Waals surface area contributed by atoms with E-state index in [2.05, 4.69) is 5.32 Å². The van der Waals surface area contributed by atoms with Gasteiger partial charge < -0.3 is 10.4 Å². The van der Waals surface area contributed by atoms with E-state index in [0.717, 1.165) is 0 Å². The lowest BCUT2D eigenvalue weighted by Gasteiger charge is -2.24. The molecule has 3 nitrogen and oxygen atoms in total. The average molecular weight is 293 g/mol. The van der Waals surface area contributed by atoms with Crippen molar-refractivity contribution in [2.45, 2.75) is 11.8 Å². The predicted molar refractivity (Wildman–Crippen MR) is 70.5 cm³/mol. The number of halogens is 3. The summed E-state index contributed by atoms with van der Waals surface area (Å²) >= 11 is 0. The van der Waals surface area contributed by atoms with Crippen LogP contribution in [0.15, 0.2) is 48.5 Å². The van der Waals surface area contributed by atoms with Gasteiger partial charge in [-0.05, 0) is 23.3 Å². The second-order valence-electron chi connectivity index (χ2n) is 4.79. The number of nitrogens with one attached hydrogen (secondary N) is 1. The van der Waals surface area contributed by atoms with Crippen LogP contribution in [0.2, 0.25) is 0 Å².